The molecule has 3 aromatic heterocycles. The lowest BCUT2D eigenvalue weighted by Gasteiger charge is -2.12. The number of pyridine rings is 1. The second-order valence-corrected chi connectivity index (χ2v) is 12.7. The maximum absolute atomic E-state index is 4.77. The van der Waals surface area contributed by atoms with Gasteiger partial charge in [0.15, 0.2) is 0 Å². The first-order valence-corrected chi connectivity index (χ1v) is 16.6. The Morgan fingerprint density at radius 3 is 2.00 bits per heavy atom. The van der Waals surface area contributed by atoms with Gasteiger partial charge in [0, 0.05) is 44.2 Å². The molecule has 0 spiro atoms. The van der Waals surface area contributed by atoms with Crippen molar-refractivity contribution in [2.45, 2.75) is 13.8 Å². The number of para-hydroxylation sites is 3. The molecule has 0 radical (unpaired) electrons. The van der Waals surface area contributed by atoms with Crippen molar-refractivity contribution in [3.05, 3.63) is 162 Å². The number of nitrogens with zero attached hydrogens (tertiary/aromatic N) is 3. The third-order valence-electron chi connectivity index (χ3n) is 10.3. The van der Waals surface area contributed by atoms with E-state index in [1.807, 2.05) is 12.3 Å². The topological polar surface area (TPSA) is 22.8 Å². The second kappa shape index (κ2) is 10.2. The van der Waals surface area contributed by atoms with Crippen molar-refractivity contribution in [3.8, 4) is 33.6 Å². The lowest BCUT2D eigenvalue weighted by atomic mass is 10.0. The molecular formula is C45H31N3. The fraction of sp³-hybridized carbons (Fsp3) is 0.0444. The van der Waals surface area contributed by atoms with Crippen molar-refractivity contribution in [1.29, 1.82) is 0 Å². The Kier molecular flexibility index (Phi) is 5.71. The zero-order chi connectivity index (χ0) is 31.9. The van der Waals surface area contributed by atoms with E-state index in [-0.39, 0.29) is 0 Å². The van der Waals surface area contributed by atoms with E-state index in [2.05, 4.69) is 163 Å². The van der Waals surface area contributed by atoms with Crippen LogP contribution in [0.3, 0.4) is 0 Å². The summed E-state index contributed by atoms with van der Waals surface area (Å²) in [5.41, 5.74) is 14.4. The average molecular weight is 614 g/mol. The van der Waals surface area contributed by atoms with Gasteiger partial charge < -0.3 is 9.13 Å². The van der Waals surface area contributed by atoms with Crippen molar-refractivity contribution in [1.82, 2.24) is 14.1 Å². The minimum Gasteiger partial charge on any atom is -0.309 e. The molecule has 0 amide bonds. The van der Waals surface area contributed by atoms with Gasteiger partial charge in [-0.1, -0.05) is 91.0 Å². The lowest BCUT2D eigenvalue weighted by Crippen LogP contribution is -2.30. The highest BCUT2D eigenvalue weighted by Crippen LogP contribution is 2.38. The first-order valence-electron chi connectivity index (χ1n) is 16.6. The van der Waals surface area contributed by atoms with Gasteiger partial charge in [-0.15, -0.1) is 0 Å². The van der Waals surface area contributed by atoms with Gasteiger partial charge in [0.25, 0.3) is 0 Å². The standard InChI is InChI=1S/C45H31N3/c1-3-32-41(24-22-36-37-16-11-25-46-45(37)28(2)44(32)36)48-40-18-10-7-14-33(40)35-21-19-30(27-43(35)48)29-20-23-42-38(26-29)34-15-8-9-17-39(34)47(42)31-12-5-4-6-13-31/h3-27H,1-2H3/b32-3-. The Labute approximate surface area is 278 Å². The van der Waals surface area contributed by atoms with Gasteiger partial charge in [-0.3, -0.25) is 4.98 Å². The summed E-state index contributed by atoms with van der Waals surface area (Å²) >= 11 is 0. The Hall–Kier alpha value is -6.19. The summed E-state index contributed by atoms with van der Waals surface area (Å²) < 4.78 is 4.84. The lowest BCUT2D eigenvalue weighted by molar-refractivity contribution is 1.15. The number of aromatic nitrogens is 3. The maximum atomic E-state index is 4.77. The molecule has 3 nitrogen and oxygen atoms in total. The van der Waals surface area contributed by atoms with Crippen molar-refractivity contribution >= 4 is 55.3 Å². The monoisotopic (exact) mass is 613 g/mol. The molecule has 9 aromatic rings. The first-order chi connectivity index (χ1) is 23.7. The fourth-order valence-corrected chi connectivity index (χ4v) is 8.18. The van der Waals surface area contributed by atoms with Crippen LogP contribution < -0.4 is 10.4 Å². The first kappa shape index (κ1) is 27.0. The number of benzene rings is 6. The molecular weight excluding hydrogens is 583 g/mol. The second-order valence-electron chi connectivity index (χ2n) is 12.7. The predicted octanol–water partition coefficient (Wildman–Crippen LogP) is 9.94. The fourth-order valence-electron chi connectivity index (χ4n) is 8.18. The summed E-state index contributed by atoms with van der Waals surface area (Å²) in [5.74, 6) is 0. The predicted molar refractivity (Wildman–Crippen MR) is 201 cm³/mol. The quantitative estimate of drug-likeness (QED) is 0.194. The van der Waals surface area contributed by atoms with Crippen LogP contribution in [0, 0.1) is 0 Å². The average Bonchev–Trinajstić information content (AvgIpc) is 3.76. The molecule has 0 saturated heterocycles. The molecule has 48 heavy (non-hydrogen) atoms. The van der Waals surface area contributed by atoms with Crippen LogP contribution in [0.4, 0.5) is 0 Å². The summed E-state index contributed by atoms with van der Waals surface area (Å²) in [4.78, 5) is 4.77. The van der Waals surface area contributed by atoms with E-state index < -0.39 is 0 Å². The van der Waals surface area contributed by atoms with E-state index >= 15 is 0 Å². The molecule has 0 aliphatic heterocycles. The van der Waals surface area contributed by atoms with Crippen LogP contribution in [0.5, 0.6) is 0 Å². The van der Waals surface area contributed by atoms with Crippen molar-refractivity contribution in [2.24, 2.45) is 0 Å². The molecule has 0 unspecified atom stereocenters. The summed E-state index contributed by atoms with van der Waals surface area (Å²) in [5, 5.41) is 7.56. The molecule has 1 aliphatic carbocycles. The molecule has 0 saturated carbocycles. The van der Waals surface area contributed by atoms with Gasteiger partial charge in [-0.2, -0.15) is 0 Å². The smallest absolute Gasteiger partial charge is 0.0743 e. The van der Waals surface area contributed by atoms with E-state index in [4.69, 9.17) is 4.98 Å². The molecule has 0 atom stereocenters. The normalized spacial score (nSPS) is 12.9. The Bertz CT molecular complexity index is 2900. The molecule has 226 valence electrons. The van der Waals surface area contributed by atoms with Gasteiger partial charge in [-0.05, 0) is 95.9 Å². The van der Waals surface area contributed by atoms with Crippen LogP contribution >= 0.6 is 0 Å². The molecule has 3 heterocycles. The van der Waals surface area contributed by atoms with Crippen molar-refractivity contribution < 1.29 is 0 Å². The van der Waals surface area contributed by atoms with Crippen LogP contribution in [0.2, 0.25) is 0 Å². The summed E-state index contributed by atoms with van der Waals surface area (Å²) in [6, 6.07) is 50.9. The van der Waals surface area contributed by atoms with Gasteiger partial charge in [-0.25, -0.2) is 0 Å². The summed E-state index contributed by atoms with van der Waals surface area (Å²) in [6.07, 6.45) is 4.17. The van der Waals surface area contributed by atoms with E-state index in [0.29, 0.717) is 0 Å². The SMILES string of the molecule is C/C=c1/c(-n2c3ccccc3c3ccc(-c4ccc5c(c4)c4ccccc4n5-c4ccccc4)cc32)ccc2c1=C(C)c1ncccc1-2. The molecule has 10 rings (SSSR count). The highest BCUT2D eigenvalue weighted by atomic mass is 15.0. The minimum absolute atomic E-state index is 1.08. The highest BCUT2D eigenvalue weighted by molar-refractivity contribution is 6.12. The van der Waals surface area contributed by atoms with Crippen molar-refractivity contribution in [2.75, 3.05) is 0 Å². The molecule has 0 bridgehead atoms. The molecule has 0 N–H and O–H groups in total. The zero-order valence-electron chi connectivity index (χ0n) is 26.8. The summed E-state index contributed by atoms with van der Waals surface area (Å²) in [7, 11) is 0. The third-order valence-corrected chi connectivity index (χ3v) is 10.3. The van der Waals surface area contributed by atoms with Gasteiger partial charge in [0.2, 0.25) is 0 Å². The Morgan fingerprint density at radius 1 is 0.521 bits per heavy atom. The van der Waals surface area contributed by atoms with E-state index in [9.17, 15) is 0 Å². The zero-order valence-corrected chi connectivity index (χ0v) is 26.8. The molecule has 1 aliphatic rings. The van der Waals surface area contributed by atoms with Crippen LogP contribution in [-0.4, -0.2) is 14.1 Å². The van der Waals surface area contributed by atoms with Crippen LogP contribution in [0.25, 0.3) is 88.9 Å². The van der Waals surface area contributed by atoms with Crippen LogP contribution in [0.1, 0.15) is 19.5 Å². The molecule has 6 aromatic carbocycles. The van der Waals surface area contributed by atoms with E-state index in [1.165, 1.54) is 93.3 Å². The van der Waals surface area contributed by atoms with Gasteiger partial charge in [0.1, 0.15) is 0 Å². The Morgan fingerprint density at radius 2 is 1.19 bits per heavy atom. The summed E-state index contributed by atoms with van der Waals surface area (Å²) in [6.45, 7) is 4.37. The maximum Gasteiger partial charge on any atom is 0.0743 e. The number of hydrogen-bond acceptors (Lipinski definition) is 1. The molecule has 3 heteroatoms. The Balaban J connectivity index is 1.23. The highest BCUT2D eigenvalue weighted by Gasteiger charge is 2.22. The van der Waals surface area contributed by atoms with Gasteiger partial charge >= 0.3 is 0 Å². The molecule has 0 fully saturated rings. The number of fused-ring (bicyclic) bond motifs is 9. The minimum atomic E-state index is 1.08. The van der Waals surface area contributed by atoms with Crippen LogP contribution in [0.15, 0.2) is 146 Å². The third kappa shape index (κ3) is 3.67. The largest absolute Gasteiger partial charge is 0.309 e. The number of hydrogen-bond donors (Lipinski definition) is 0. The van der Waals surface area contributed by atoms with Crippen LogP contribution in [-0.2, 0) is 0 Å². The van der Waals surface area contributed by atoms with Crippen molar-refractivity contribution in [3.63, 3.8) is 0 Å². The van der Waals surface area contributed by atoms with Gasteiger partial charge in [0.05, 0.1) is 33.4 Å². The van der Waals surface area contributed by atoms with E-state index in [1.54, 1.807) is 0 Å². The van der Waals surface area contributed by atoms with E-state index in [0.717, 1.165) is 5.69 Å². The number of rotatable bonds is 3.